The number of benzene rings is 2. The number of rotatable bonds is 6. The largest absolute Gasteiger partial charge is 0.426 e. The van der Waals surface area contributed by atoms with Gasteiger partial charge in [-0.05, 0) is 67.7 Å². The summed E-state index contributed by atoms with van der Waals surface area (Å²) < 4.78 is 19.0. The van der Waals surface area contributed by atoms with Gasteiger partial charge >= 0.3 is 5.97 Å². The standard InChI is InChI=1S/C24H24FNO2/c1-2-3-4-17-5-7-18(8-6-17)19-9-11-20(12-10-19)24(27)28-22-14-13-21(16-26)23(25)15-22/h2,5-8,13-15,19-20H,1,3-4,9-12H2/t19-,20-. The molecule has 1 aliphatic rings. The molecule has 3 nitrogen and oxygen atoms in total. The van der Waals surface area contributed by atoms with E-state index in [0.29, 0.717) is 5.92 Å². The highest BCUT2D eigenvalue weighted by atomic mass is 19.1. The zero-order chi connectivity index (χ0) is 19.9. The molecular weight excluding hydrogens is 353 g/mol. The Morgan fingerprint density at radius 3 is 2.50 bits per heavy atom. The van der Waals surface area contributed by atoms with Gasteiger partial charge in [0.2, 0.25) is 0 Å². The van der Waals surface area contributed by atoms with Gasteiger partial charge in [-0.15, -0.1) is 6.58 Å². The van der Waals surface area contributed by atoms with Gasteiger partial charge < -0.3 is 4.74 Å². The molecule has 144 valence electrons. The van der Waals surface area contributed by atoms with Crippen molar-refractivity contribution in [1.82, 2.24) is 0 Å². The zero-order valence-electron chi connectivity index (χ0n) is 15.9. The van der Waals surface area contributed by atoms with Crippen LogP contribution in [0.3, 0.4) is 0 Å². The predicted molar refractivity (Wildman–Crippen MR) is 106 cm³/mol. The Balaban J connectivity index is 1.53. The molecule has 0 saturated heterocycles. The topological polar surface area (TPSA) is 50.1 Å². The molecule has 0 radical (unpaired) electrons. The first-order valence-electron chi connectivity index (χ1n) is 9.71. The van der Waals surface area contributed by atoms with E-state index in [1.54, 1.807) is 6.07 Å². The van der Waals surface area contributed by atoms with E-state index >= 15 is 0 Å². The quantitative estimate of drug-likeness (QED) is 0.369. The molecule has 0 unspecified atom stereocenters. The number of hydrogen-bond donors (Lipinski definition) is 0. The van der Waals surface area contributed by atoms with Crippen LogP contribution >= 0.6 is 0 Å². The Morgan fingerprint density at radius 2 is 1.89 bits per heavy atom. The van der Waals surface area contributed by atoms with Gasteiger partial charge in [0.15, 0.2) is 0 Å². The third kappa shape index (κ3) is 4.86. The fraction of sp³-hybridized carbons (Fsp3) is 0.333. The second-order valence-electron chi connectivity index (χ2n) is 7.29. The minimum atomic E-state index is -0.673. The zero-order valence-corrected chi connectivity index (χ0v) is 15.9. The Hall–Kier alpha value is -2.93. The van der Waals surface area contributed by atoms with Gasteiger partial charge in [0, 0.05) is 6.07 Å². The van der Waals surface area contributed by atoms with Crippen LogP contribution in [0.2, 0.25) is 0 Å². The van der Waals surface area contributed by atoms with Crippen molar-refractivity contribution in [3.63, 3.8) is 0 Å². The Bertz CT molecular complexity index is 874. The molecule has 1 fully saturated rings. The first kappa shape index (κ1) is 19.8. The molecule has 3 rings (SSSR count). The van der Waals surface area contributed by atoms with Crippen molar-refractivity contribution < 1.29 is 13.9 Å². The number of aryl methyl sites for hydroxylation is 1. The maximum atomic E-state index is 13.7. The summed E-state index contributed by atoms with van der Waals surface area (Å²) in [6, 6.07) is 14.4. The lowest BCUT2D eigenvalue weighted by Crippen LogP contribution is -2.25. The van der Waals surface area contributed by atoms with Gasteiger partial charge in [0.05, 0.1) is 11.5 Å². The second kappa shape index (κ2) is 9.32. The van der Waals surface area contributed by atoms with Crippen LogP contribution in [0.25, 0.3) is 0 Å². The number of carbonyl (C=O) groups is 1. The number of hydrogen-bond acceptors (Lipinski definition) is 3. The number of nitriles is 1. The van der Waals surface area contributed by atoms with Crippen molar-refractivity contribution >= 4 is 5.97 Å². The van der Waals surface area contributed by atoms with Crippen LogP contribution in [0.1, 0.15) is 54.7 Å². The van der Waals surface area contributed by atoms with Gasteiger partial charge in [0.25, 0.3) is 0 Å². The van der Waals surface area contributed by atoms with Crippen molar-refractivity contribution in [2.75, 3.05) is 0 Å². The number of halogens is 1. The summed E-state index contributed by atoms with van der Waals surface area (Å²) in [7, 11) is 0. The van der Waals surface area contributed by atoms with Gasteiger partial charge in [-0.3, -0.25) is 4.79 Å². The smallest absolute Gasteiger partial charge is 0.314 e. The molecule has 0 spiro atoms. The lowest BCUT2D eigenvalue weighted by Gasteiger charge is -2.27. The summed E-state index contributed by atoms with van der Waals surface area (Å²) in [6.45, 7) is 3.76. The van der Waals surface area contributed by atoms with Crippen LogP contribution in [0, 0.1) is 23.1 Å². The van der Waals surface area contributed by atoms with E-state index in [9.17, 15) is 9.18 Å². The van der Waals surface area contributed by atoms with E-state index in [1.165, 1.54) is 23.3 Å². The molecule has 1 saturated carbocycles. The normalized spacial score (nSPS) is 18.9. The number of esters is 1. The summed E-state index contributed by atoms with van der Waals surface area (Å²) in [4.78, 5) is 12.4. The van der Waals surface area contributed by atoms with Crippen molar-refractivity contribution in [2.24, 2.45) is 5.92 Å². The van der Waals surface area contributed by atoms with Gasteiger partial charge in [0.1, 0.15) is 17.6 Å². The monoisotopic (exact) mass is 377 g/mol. The van der Waals surface area contributed by atoms with Crippen molar-refractivity contribution in [3.8, 4) is 11.8 Å². The second-order valence-corrected chi connectivity index (χ2v) is 7.29. The number of nitrogens with zero attached hydrogens (tertiary/aromatic N) is 1. The molecular formula is C24H24FNO2. The average Bonchev–Trinajstić information content (AvgIpc) is 2.73. The molecule has 0 atom stereocenters. The van der Waals surface area contributed by atoms with Gasteiger partial charge in [-0.1, -0.05) is 30.3 Å². The van der Waals surface area contributed by atoms with Crippen LogP contribution in [-0.2, 0) is 11.2 Å². The van der Waals surface area contributed by atoms with E-state index in [2.05, 4.69) is 30.8 Å². The SMILES string of the molecule is C=CCCc1ccc([C@H]2CC[C@H](C(=O)Oc3ccc(C#N)c(F)c3)CC2)cc1. The minimum Gasteiger partial charge on any atom is -0.426 e. The molecule has 1 aliphatic carbocycles. The molecule has 2 aromatic carbocycles. The van der Waals surface area contributed by atoms with Crippen molar-refractivity contribution in [2.45, 2.75) is 44.4 Å². The number of allylic oxidation sites excluding steroid dienone is 1. The highest BCUT2D eigenvalue weighted by Crippen LogP contribution is 2.36. The fourth-order valence-electron chi connectivity index (χ4n) is 3.74. The summed E-state index contributed by atoms with van der Waals surface area (Å²) >= 11 is 0. The van der Waals surface area contributed by atoms with Crippen LogP contribution in [0.4, 0.5) is 4.39 Å². The first-order chi connectivity index (χ1) is 13.6. The number of ether oxygens (including phenoxy) is 1. The maximum Gasteiger partial charge on any atom is 0.314 e. The third-order valence-electron chi connectivity index (χ3n) is 5.43. The van der Waals surface area contributed by atoms with Crippen molar-refractivity contribution in [3.05, 3.63) is 77.6 Å². The molecule has 4 heteroatoms. The highest BCUT2D eigenvalue weighted by molar-refractivity contribution is 5.75. The maximum absolute atomic E-state index is 13.7. The Labute approximate surface area is 165 Å². The fourth-order valence-corrected chi connectivity index (χ4v) is 3.74. The molecule has 0 N–H and O–H groups in total. The van der Waals surface area contributed by atoms with E-state index in [0.717, 1.165) is 44.6 Å². The third-order valence-corrected chi connectivity index (χ3v) is 5.43. The molecule has 2 aromatic rings. The Kier molecular flexibility index (Phi) is 6.60. The van der Waals surface area contributed by atoms with Crippen molar-refractivity contribution in [1.29, 1.82) is 5.26 Å². The summed E-state index contributed by atoms with van der Waals surface area (Å²) in [5.41, 5.74) is 2.58. The summed E-state index contributed by atoms with van der Waals surface area (Å²) in [5.74, 6) is -0.541. The lowest BCUT2D eigenvalue weighted by atomic mass is 9.78. The van der Waals surface area contributed by atoms with E-state index in [4.69, 9.17) is 10.00 Å². The molecule has 0 amide bonds. The lowest BCUT2D eigenvalue weighted by molar-refractivity contribution is -0.140. The van der Waals surface area contributed by atoms with E-state index in [-0.39, 0.29) is 23.2 Å². The van der Waals surface area contributed by atoms with Crippen LogP contribution in [0.15, 0.2) is 55.1 Å². The van der Waals surface area contributed by atoms with Crippen LogP contribution < -0.4 is 4.74 Å². The molecule has 28 heavy (non-hydrogen) atoms. The van der Waals surface area contributed by atoms with Gasteiger partial charge in [-0.2, -0.15) is 5.26 Å². The molecule has 0 aliphatic heterocycles. The number of carbonyl (C=O) groups excluding carboxylic acids is 1. The van der Waals surface area contributed by atoms with E-state index < -0.39 is 5.82 Å². The first-order valence-corrected chi connectivity index (χ1v) is 9.71. The predicted octanol–water partition coefficient (Wildman–Crippen LogP) is 5.70. The highest BCUT2D eigenvalue weighted by Gasteiger charge is 2.28. The average molecular weight is 377 g/mol. The molecule has 0 bridgehead atoms. The molecule has 0 heterocycles. The van der Waals surface area contributed by atoms with Gasteiger partial charge in [-0.25, -0.2) is 4.39 Å². The van der Waals surface area contributed by atoms with Crippen LogP contribution in [0.5, 0.6) is 5.75 Å². The summed E-state index contributed by atoms with van der Waals surface area (Å²) in [6.07, 6.45) is 7.33. The van der Waals surface area contributed by atoms with Crippen LogP contribution in [-0.4, -0.2) is 5.97 Å². The minimum absolute atomic E-state index is 0.0594. The van der Waals surface area contributed by atoms with E-state index in [1.807, 2.05) is 6.08 Å². The molecule has 0 aromatic heterocycles. The Morgan fingerprint density at radius 1 is 1.18 bits per heavy atom. The summed E-state index contributed by atoms with van der Waals surface area (Å²) in [5, 5.41) is 8.77.